The lowest BCUT2D eigenvalue weighted by atomic mass is 9.49. The van der Waals surface area contributed by atoms with Crippen LogP contribution in [0.25, 0.3) is 0 Å². The van der Waals surface area contributed by atoms with E-state index in [4.69, 9.17) is 4.42 Å². The molecule has 4 bridgehead atoms. The molecule has 0 radical (unpaired) electrons. The topological polar surface area (TPSA) is 91.7 Å². The van der Waals surface area contributed by atoms with Crippen molar-refractivity contribution in [2.75, 3.05) is 13.1 Å². The van der Waals surface area contributed by atoms with Crippen LogP contribution in [-0.2, 0) is 9.59 Å². The van der Waals surface area contributed by atoms with E-state index < -0.39 is 6.04 Å². The Morgan fingerprint density at radius 3 is 2.15 bits per heavy atom. The Bertz CT molecular complexity index is 850. The second-order valence-electron chi connectivity index (χ2n) is 11.4. The van der Waals surface area contributed by atoms with Crippen LogP contribution < -0.4 is 10.6 Å². The summed E-state index contributed by atoms with van der Waals surface area (Å²) in [5.74, 6) is 2.36. The van der Waals surface area contributed by atoms with Gasteiger partial charge in [-0.1, -0.05) is 13.8 Å². The highest BCUT2D eigenvalue weighted by molar-refractivity contribution is 5.92. The van der Waals surface area contributed by atoms with Gasteiger partial charge in [0, 0.05) is 24.5 Å². The Morgan fingerprint density at radius 1 is 1.03 bits per heavy atom. The lowest BCUT2D eigenvalue weighted by Crippen LogP contribution is -2.59. The second-order valence-corrected chi connectivity index (χ2v) is 11.4. The predicted molar refractivity (Wildman–Crippen MR) is 123 cm³/mol. The van der Waals surface area contributed by atoms with Gasteiger partial charge in [0.25, 0.3) is 5.91 Å². The van der Waals surface area contributed by atoms with E-state index in [1.807, 2.05) is 13.8 Å². The number of amides is 3. The van der Waals surface area contributed by atoms with Crippen LogP contribution in [0.3, 0.4) is 0 Å². The number of rotatable bonds is 6. The summed E-state index contributed by atoms with van der Waals surface area (Å²) in [6.07, 6.45) is 9.78. The Hall–Kier alpha value is -2.31. The van der Waals surface area contributed by atoms with E-state index in [1.54, 1.807) is 17.0 Å². The summed E-state index contributed by atoms with van der Waals surface area (Å²) in [6, 6.07) is 2.88. The highest BCUT2D eigenvalue weighted by Gasteiger charge is 2.55. The van der Waals surface area contributed by atoms with Gasteiger partial charge in [0.1, 0.15) is 6.04 Å². The van der Waals surface area contributed by atoms with Gasteiger partial charge < -0.3 is 20.0 Å². The minimum atomic E-state index is -0.520. The largest absolute Gasteiger partial charge is 0.459 e. The second kappa shape index (κ2) is 8.80. The fourth-order valence-corrected chi connectivity index (χ4v) is 7.29. The summed E-state index contributed by atoms with van der Waals surface area (Å²) in [5, 5.41) is 6.34. The summed E-state index contributed by atoms with van der Waals surface area (Å²) in [4.78, 5) is 40.9. The Morgan fingerprint density at radius 2 is 1.64 bits per heavy atom. The third-order valence-corrected chi connectivity index (χ3v) is 8.62. The summed E-state index contributed by atoms with van der Waals surface area (Å²) in [6.45, 7) is 5.15. The first-order chi connectivity index (χ1) is 15.8. The lowest BCUT2D eigenvalue weighted by molar-refractivity contribution is -0.149. The van der Waals surface area contributed by atoms with Crippen molar-refractivity contribution >= 4 is 17.7 Å². The molecule has 1 aromatic rings. The van der Waals surface area contributed by atoms with Gasteiger partial charge >= 0.3 is 0 Å². The number of carbonyl (C=O) groups excluding carboxylic acids is 3. The molecule has 1 aromatic heterocycles. The first-order valence-corrected chi connectivity index (χ1v) is 12.8. The molecular formula is C26H37N3O4. The molecule has 1 atom stereocenters. The highest BCUT2D eigenvalue weighted by atomic mass is 16.3. The van der Waals surface area contributed by atoms with Gasteiger partial charge in [0.05, 0.1) is 6.26 Å². The van der Waals surface area contributed by atoms with Crippen LogP contribution in [0.5, 0.6) is 0 Å². The minimum absolute atomic E-state index is 0.0100. The van der Waals surface area contributed by atoms with Gasteiger partial charge in [-0.3, -0.25) is 14.4 Å². The molecule has 1 aliphatic heterocycles. The summed E-state index contributed by atoms with van der Waals surface area (Å²) >= 11 is 0. The predicted octanol–water partition coefficient (Wildman–Crippen LogP) is 3.36. The fourth-order valence-electron chi connectivity index (χ4n) is 7.29. The number of likely N-dealkylation sites (tertiary alicyclic amines) is 1. The average Bonchev–Trinajstić information content (AvgIpc) is 3.31. The van der Waals surface area contributed by atoms with Crippen LogP contribution >= 0.6 is 0 Å². The van der Waals surface area contributed by atoms with Gasteiger partial charge in [-0.05, 0) is 87.2 Å². The molecule has 5 aliphatic rings. The van der Waals surface area contributed by atoms with Crippen molar-refractivity contribution in [1.29, 1.82) is 0 Å². The molecule has 7 nitrogen and oxygen atoms in total. The normalized spacial score (nSPS) is 32.1. The maximum Gasteiger partial charge on any atom is 0.289 e. The molecule has 3 amide bonds. The summed E-state index contributed by atoms with van der Waals surface area (Å²) in [7, 11) is 0. The van der Waals surface area contributed by atoms with E-state index in [2.05, 4.69) is 10.6 Å². The number of furan rings is 1. The van der Waals surface area contributed by atoms with Gasteiger partial charge in [-0.25, -0.2) is 0 Å². The Balaban J connectivity index is 1.16. The standard InChI is InChI=1S/C26H37N3O4/c1-16(2)22(28-25(32)26-13-17-10-18(14-26)12-19(11-17)15-26)23(30)27-20-5-7-29(8-6-20)24(31)21-4-3-9-33-21/h3-4,9,16-20,22H,5-8,10-15H2,1-2H3,(H,27,30)(H,28,32). The van der Waals surface area contributed by atoms with E-state index in [0.29, 0.717) is 49.4 Å². The zero-order valence-electron chi connectivity index (χ0n) is 19.8. The SMILES string of the molecule is CC(C)C(NC(=O)C12CC3CC(CC(C3)C1)C2)C(=O)NC1CCN(C(=O)c2ccco2)CC1. The number of nitrogens with one attached hydrogen (secondary N) is 2. The molecule has 6 rings (SSSR count). The quantitative estimate of drug-likeness (QED) is 0.688. The Labute approximate surface area is 196 Å². The molecule has 0 aromatic carbocycles. The average molecular weight is 456 g/mol. The van der Waals surface area contributed by atoms with Crippen molar-refractivity contribution in [3.63, 3.8) is 0 Å². The third-order valence-electron chi connectivity index (χ3n) is 8.62. The molecule has 4 aliphatic carbocycles. The van der Waals surface area contributed by atoms with E-state index in [0.717, 1.165) is 19.3 Å². The van der Waals surface area contributed by atoms with Gasteiger partial charge in [0.2, 0.25) is 11.8 Å². The van der Waals surface area contributed by atoms with Crippen LogP contribution in [0.15, 0.2) is 22.8 Å². The van der Waals surface area contributed by atoms with E-state index in [1.165, 1.54) is 25.5 Å². The van der Waals surface area contributed by atoms with Crippen molar-refractivity contribution in [3.8, 4) is 0 Å². The molecule has 0 spiro atoms. The van der Waals surface area contributed by atoms with Crippen molar-refractivity contribution < 1.29 is 18.8 Å². The van der Waals surface area contributed by atoms with E-state index in [-0.39, 0.29) is 35.1 Å². The maximum atomic E-state index is 13.5. The molecule has 180 valence electrons. The number of hydrogen-bond acceptors (Lipinski definition) is 4. The summed E-state index contributed by atoms with van der Waals surface area (Å²) in [5.41, 5.74) is -0.250. The molecule has 5 fully saturated rings. The van der Waals surface area contributed by atoms with Gasteiger partial charge in [0.15, 0.2) is 5.76 Å². The minimum Gasteiger partial charge on any atom is -0.459 e. The number of piperidine rings is 1. The lowest BCUT2D eigenvalue weighted by Gasteiger charge is -2.55. The van der Waals surface area contributed by atoms with E-state index >= 15 is 0 Å². The van der Waals surface area contributed by atoms with E-state index in [9.17, 15) is 14.4 Å². The van der Waals surface area contributed by atoms with Crippen molar-refractivity contribution in [1.82, 2.24) is 15.5 Å². The van der Waals surface area contributed by atoms with Crippen molar-refractivity contribution in [2.45, 2.75) is 77.3 Å². The monoisotopic (exact) mass is 455 g/mol. The highest BCUT2D eigenvalue weighted by Crippen LogP contribution is 2.60. The van der Waals surface area contributed by atoms with Crippen molar-refractivity contribution in [2.24, 2.45) is 29.1 Å². The Kier molecular flexibility index (Phi) is 6.00. The van der Waals surface area contributed by atoms with Gasteiger partial charge in [-0.15, -0.1) is 0 Å². The molecule has 2 heterocycles. The fraction of sp³-hybridized carbons (Fsp3) is 0.731. The molecule has 4 saturated carbocycles. The van der Waals surface area contributed by atoms with Crippen LogP contribution in [0.2, 0.25) is 0 Å². The number of nitrogens with zero attached hydrogens (tertiary/aromatic N) is 1. The zero-order valence-corrected chi connectivity index (χ0v) is 19.8. The van der Waals surface area contributed by atoms with Crippen LogP contribution in [0.4, 0.5) is 0 Å². The summed E-state index contributed by atoms with van der Waals surface area (Å²) < 4.78 is 5.22. The molecule has 1 saturated heterocycles. The van der Waals surface area contributed by atoms with Crippen LogP contribution in [-0.4, -0.2) is 47.8 Å². The zero-order chi connectivity index (χ0) is 23.2. The molecule has 1 unspecified atom stereocenters. The maximum absolute atomic E-state index is 13.5. The van der Waals surface area contributed by atoms with Gasteiger partial charge in [-0.2, -0.15) is 0 Å². The van der Waals surface area contributed by atoms with Crippen LogP contribution in [0.1, 0.15) is 75.8 Å². The van der Waals surface area contributed by atoms with Crippen molar-refractivity contribution in [3.05, 3.63) is 24.2 Å². The molecular weight excluding hydrogens is 418 g/mol. The molecule has 2 N–H and O–H groups in total. The molecule has 7 heteroatoms. The molecule has 33 heavy (non-hydrogen) atoms. The number of hydrogen-bond donors (Lipinski definition) is 2. The first kappa shape index (κ1) is 22.5. The first-order valence-electron chi connectivity index (χ1n) is 12.8. The van der Waals surface area contributed by atoms with Crippen LogP contribution in [0, 0.1) is 29.1 Å². The number of carbonyl (C=O) groups is 3. The smallest absolute Gasteiger partial charge is 0.289 e. The third kappa shape index (κ3) is 4.43.